The molecule has 0 radical (unpaired) electrons. The first-order valence-electron chi connectivity index (χ1n) is 7.00. The standard InChI is InChI=1S/C16H10I2N4O3/c17-11-7-3-1-5-9(11)15(23)19-13-14(22-25-21-13)20-16(24)10-6-2-4-8-12(10)18/h1-8H,(H,19,21,23)(H,20,22,24). The SMILES string of the molecule is O=C(Nc1nonc1NC(=O)c1ccccc1I)c1ccccc1I. The van der Waals surface area contributed by atoms with Crippen LogP contribution in [-0.2, 0) is 0 Å². The second kappa shape index (κ2) is 7.91. The van der Waals surface area contributed by atoms with Gasteiger partial charge < -0.3 is 10.6 Å². The summed E-state index contributed by atoms with van der Waals surface area (Å²) in [6, 6.07) is 14.2. The van der Waals surface area contributed by atoms with Gasteiger partial charge in [0.15, 0.2) is 0 Å². The van der Waals surface area contributed by atoms with Gasteiger partial charge >= 0.3 is 0 Å². The summed E-state index contributed by atoms with van der Waals surface area (Å²) in [6.45, 7) is 0. The highest BCUT2D eigenvalue weighted by Crippen LogP contribution is 2.20. The Hall–Kier alpha value is -2.02. The van der Waals surface area contributed by atoms with Gasteiger partial charge in [-0.2, -0.15) is 0 Å². The lowest BCUT2D eigenvalue weighted by Gasteiger charge is -2.07. The largest absolute Gasteiger partial charge is 0.300 e. The number of nitrogens with zero attached hydrogens (tertiary/aromatic N) is 2. The van der Waals surface area contributed by atoms with Gasteiger partial charge in [-0.1, -0.05) is 24.3 Å². The number of hydrogen-bond donors (Lipinski definition) is 2. The van der Waals surface area contributed by atoms with Gasteiger partial charge in [0.05, 0.1) is 11.1 Å². The first-order valence-corrected chi connectivity index (χ1v) is 9.16. The van der Waals surface area contributed by atoms with E-state index >= 15 is 0 Å². The maximum absolute atomic E-state index is 12.4. The quantitative estimate of drug-likeness (QED) is 0.474. The minimum absolute atomic E-state index is 0.0453. The van der Waals surface area contributed by atoms with Gasteiger partial charge in [0.2, 0.25) is 11.6 Å². The van der Waals surface area contributed by atoms with Gasteiger partial charge in [-0.15, -0.1) is 0 Å². The molecule has 0 spiro atoms. The van der Waals surface area contributed by atoms with Crippen molar-refractivity contribution in [1.82, 2.24) is 10.3 Å². The summed E-state index contributed by atoms with van der Waals surface area (Å²) < 4.78 is 6.23. The van der Waals surface area contributed by atoms with Crippen molar-refractivity contribution in [1.29, 1.82) is 0 Å². The van der Waals surface area contributed by atoms with Crippen LogP contribution in [0, 0.1) is 7.14 Å². The molecule has 1 heterocycles. The van der Waals surface area contributed by atoms with Gasteiger partial charge in [-0.3, -0.25) is 9.59 Å². The highest BCUT2D eigenvalue weighted by atomic mass is 127. The molecule has 126 valence electrons. The molecule has 0 unspecified atom stereocenters. The molecule has 0 bridgehead atoms. The first kappa shape index (κ1) is 17.8. The average Bonchev–Trinajstić information content (AvgIpc) is 3.02. The Labute approximate surface area is 169 Å². The van der Waals surface area contributed by atoms with E-state index in [-0.39, 0.29) is 23.5 Å². The Kier molecular flexibility index (Phi) is 5.63. The number of anilines is 2. The minimum Gasteiger partial charge on any atom is -0.300 e. The predicted molar refractivity (Wildman–Crippen MR) is 109 cm³/mol. The van der Waals surface area contributed by atoms with Crippen molar-refractivity contribution in [3.05, 3.63) is 66.8 Å². The zero-order valence-corrected chi connectivity index (χ0v) is 16.8. The Balaban J connectivity index is 1.77. The molecule has 0 saturated carbocycles. The first-order chi connectivity index (χ1) is 12.1. The van der Waals surface area contributed by atoms with Gasteiger partial charge in [0, 0.05) is 7.14 Å². The van der Waals surface area contributed by atoms with E-state index < -0.39 is 0 Å². The van der Waals surface area contributed by atoms with Crippen LogP contribution in [-0.4, -0.2) is 22.1 Å². The number of nitrogens with one attached hydrogen (secondary N) is 2. The average molecular weight is 560 g/mol. The number of aromatic nitrogens is 2. The second-order valence-electron chi connectivity index (χ2n) is 4.83. The van der Waals surface area contributed by atoms with Crippen molar-refractivity contribution in [2.75, 3.05) is 10.6 Å². The molecule has 25 heavy (non-hydrogen) atoms. The third-order valence-electron chi connectivity index (χ3n) is 3.19. The van der Waals surface area contributed by atoms with Crippen LogP contribution in [0.4, 0.5) is 11.6 Å². The smallest absolute Gasteiger partial charge is 0.258 e. The number of carbonyl (C=O) groups excluding carboxylic acids is 2. The van der Waals surface area contributed by atoms with E-state index in [1.165, 1.54) is 0 Å². The number of rotatable bonds is 4. The molecule has 0 saturated heterocycles. The summed E-state index contributed by atoms with van der Waals surface area (Å²) in [5.41, 5.74) is 0.974. The molecule has 0 aliphatic heterocycles. The summed E-state index contributed by atoms with van der Waals surface area (Å²) in [4.78, 5) is 24.7. The van der Waals surface area contributed by atoms with E-state index in [4.69, 9.17) is 0 Å². The third kappa shape index (κ3) is 4.15. The molecule has 0 atom stereocenters. The zero-order chi connectivity index (χ0) is 17.8. The normalized spacial score (nSPS) is 10.3. The third-order valence-corrected chi connectivity index (χ3v) is 5.07. The Morgan fingerprint density at radius 2 is 1.16 bits per heavy atom. The molecule has 9 heteroatoms. The molecule has 3 rings (SSSR count). The van der Waals surface area contributed by atoms with Crippen LogP contribution in [0.5, 0.6) is 0 Å². The van der Waals surface area contributed by atoms with E-state index in [9.17, 15) is 9.59 Å². The van der Waals surface area contributed by atoms with Gasteiger partial charge in [0.25, 0.3) is 11.8 Å². The van der Waals surface area contributed by atoms with E-state index in [1.54, 1.807) is 24.3 Å². The van der Waals surface area contributed by atoms with Crippen LogP contribution < -0.4 is 10.6 Å². The van der Waals surface area contributed by atoms with Crippen molar-refractivity contribution in [2.24, 2.45) is 0 Å². The van der Waals surface area contributed by atoms with Gasteiger partial charge in [-0.25, -0.2) is 4.63 Å². The van der Waals surface area contributed by atoms with E-state index in [2.05, 4.69) is 70.8 Å². The summed E-state index contributed by atoms with van der Waals surface area (Å²) in [7, 11) is 0. The van der Waals surface area contributed by atoms with Crippen molar-refractivity contribution < 1.29 is 14.2 Å². The van der Waals surface area contributed by atoms with Crippen molar-refractivity contribution >= 4 is 68.6 Å². The maximum atomic E-state index is 12.4. The van der Waals surface area contributed by atoms with Crippen molar-refractivity contribution in [3.8, 4) is 0 Å². The summed E-state index contributed by atoms with van der Waals surface area (Å²) in [6.07, 6.45) is 0. The number of benzene rings is 2. The predicted octanol–water partition coefficient (Wildman–Crippen LogP) is 3.78. The number of carbonyl (C=O) groups is 2. The fraction of sp³-hybridized carbons (Fsp3) is 0. The van der Waals surface area contributed by atoms with E-state index in [0.29, 0.717) is 11.1 Å². The number of amides is 2. The molecule has 0 fully saturated rings. The maximum Gasteiger partial charge on any atom is 0.258 e. The molecule has 7 nitrogen and oxygen atoms in total. The van der Waals surface area contributed by atoms with Crippen LogP contribution in [0.3, 0.4) is 0 Å². The number of halogens is 2. The van der Waals surface area contributed by atoms with Crippen molar-refractivity contribution in [3.63, 3.8) is 0 Å². The fourth-order valence-electron chi connectivity index (χ4n) is 1.99. The zero-order valence-electron chi connectivity index (χ0n) is 12.5. The highest BCUT2D eigenvalue weighted by Gasteiger charge is 2.19. The molecular formula is C16H10I2N4O3. The lowest BCUT2D eigenvalue weighted by Crippen LogP contribution is -2.18. The molecule has 3 aromatic rings. The topological polar surface area (TPSA) is 97.1 Å². The molecule has 2 aromatic carbocycles. The monoisotopic (exact) mass is 560 g/mol. The van der Waals surface area contributed by atoms with Crippen LogP contribution >= 0.6 is 45.2 Å². The van der Waals surface area contributed by atoms with Crippen LogP contribution in [0.25, 0.3) is 0 Å². The second-order valence-corrected chi connectivity index (χ2v) is 7.15. The summed E-state index contributed by atoms with van der Waals surface area (Å²) >= 11 is 4.13. The lowest BCUT2D eigenvalue weighted by atomic mass is 10.2. The Bertz CT molecular complexity index is 868. The fourth-order valence-corrected chi connectivity index (χ4v) is 3.26. The molecular weight excluding hydrogens is 550 g/mol. The van der Waals surface area contributed by atoms with Gasteiger partial charge in [-0.05, 0) is 79.8 Å². The van der Waals surface area contributed by atoms with Crippen molar-refractivity contribution in [2.45, 2.75) is 0 Å². The Morgan fingerprint density at radius 1 is 0.760 bits per heavy atom. The number of hydrogen-bond acceptors (Lipinski definition) is 5. The van der Waals surface area contributed by atoms with Gasteiger partial charge in [0.1, 0.15) is 0 Å². The molecule has 1 aromatic heterocycles. The summed E-state index contributed by atoms with van der Waals surface area (Å²) in [5, 5.41) is 12.5. The molecule has 2 amide bonds. The Morgan fingerprint density at radius 3 is 1.56 bits per heavy atom. The highest BCUT2D eigenvalue weighted by molar-refractivity contribution is 14.1. The van der Waals surface area contributed by atoms with Crippen LogP contribution in [0.1, 0.15) is 20.7 Å². The van der Waals surface area contributed by atoms with Crippen LogP contribution in [0.2, 0.25) is 0 Å². The van der Waals surface area contributed by atoms with E-state index in [1.807, 2.05) is 24.3 Å². The minimum atomic E-state index is -0.370. The molecule has 0 aliphatic carbocycles. The lowest BCUT2D eigenvalue weighted by molar-refractivity contribution is 0.101. The summed E-state index contributed by atoms with van der Waals surface area (Å²) in [5.74, 6) is -0.649. The van der Waals surface area contributed by atoms with E-state index in [0.717, 1.165) is 7.14 Å². The molecule has 2 N–H and O–H groups in total. The molecule has 0 aliphatic rings. The van der Waals surface area contributed by atoms with Crippen LogP contribution in [0.15, 0.2) is 53.2 Å².